The summed E-state index contributed by atoms with van der Waals surface area (Å²) in [5, 5.41) is 3.31. The van der Waals surface area contributed by atoms with Gasteiger partial charge in [0.1, 0.15) is 10.8 Å². The van der Waals surface area contributed by atoms with E-state index in [-0.39, 0.29) is 0 Å². The SMILES string of the molecule is Cc1cc(C)c(C(N)=S)c(NCCCOCC(C)C)n1. The molecule has 0 radical (unpaired) electrons. The second-order valence-electron chi connectivity index (χ2n) is 5.42. The summed E-state index contributed by atoms with van der Waals surface area (Å²) >= 11 is 5.10. The lowest BCUT2D eigenvalue weighted by Crippen LogP contribution is -2.18. The van der Waals surface area contributed by atoms with Crippen molar-refractivity contribution in [2.75, 3.05) is 25.1 Å². The minimum absolute atomic E-state index is 0.383. The Balaban J connectivity index is 2.53. The third kappa shape index (κ3) is 5.43. The summed E-state index contributed by atoms with van der Waals surface area (Å²) in [6.45, 7) is 10.6. The van der Waals surface area contributed by atoms with Gasteiger partial charge in [0, 0.05) is 25.5 Å². The molecular weight excluding hydrogens is 270 g/mol. The molecule has 1 heterocycles. The fraction of sp³-hybridized carbons (Fsp3) is 0.600. The third-order valence-electron chi connectivity index (χ3n) is 2.80. The van der Waals surface area contributed by atoms with E-state index in [1.165, 1.54) is 0 Å². The maximum Gasteiger partial charge on any atom is 0.136 e. The van der Waals surface area contributed by atoms with E-state index < -0.39 is 0 Å². The summed E-state index contributed by atoms with van der Waals surface area (Å²) in [6, 6.07) is 1.99. The van der Waals surface area contributed by atoms with E-state index in [4.69, 9.17) is 22.7 Å². The Morgan fingerprint density at radius 2 is 2.15 bits per heavy atom. The van der Waals surface area contributed by atoms with Crippen LogP contribution in [-0.2, 0) is 4.74 Å². The normalized spacial score (nSPS) is 10.8. The molecule has 0 fully saturated rings. The van der Waals surface area contributed by atoms with Gasteiger partial charge in [-0.3, -0.25) is 0 Å². The van der Waals surface area contributed by atoms with Crippen molar-refractivity contribution in [1.29, 1.82) is 0 Å². The molecule has 0 aliphatic rings. The van der Waals surface area contributed by atoms with E-state index >= 15 is 0 Å². The number of nitrogens with one attached hydrogen (secondary N) is 1. The quantitative estimate of drug-likeness (QED) is 0.570. The zero-order valence-electron chi connectivity index (χ0n) is 12.8. The maximum absolute atomic E-state index is 5.78. The zero-order valence-corrected chi connectivity index (χ0v) is 13.6. The number of nitrogens with two attached hydrogens (primary N) is 1. The first-order valence-electron chi connectivity index (χ1n) is 7.01. The molecule has 0 saturated heterocycles. The maximum atomic E-state index is 5.78. The van der Waals surface area contributed by atoms with Gasteiger partial charge in [-0.15, -0.1) is 0 Å². The first-order chi connectivity index (χ1) is 9.41. The van der Waals surface area contributed by atoms with Crippen LogP contribution in [0.15, 0.2) is 6.07 Å². The number of pyridine rings is 1. The van der Waals surface area contributed by atoms with Gasteiger partial charge in [0.15, 0.2) is 0 Å². The fourth-order valence-corrected chi connectivity index (χ4v) is 2.23. The lowest BCUT2D eigenvalue weighted by Gasteiger charge is -2.14. The van der Waals surface area contributed by atoms with Crippen molar-refractivity contribution in [2.24, 2.45) is 11.7 Å². The Bertz CT molecular complexity index is 461. The number of nitrogens with zero attached hydrogens (tertiary/aromatic N) is 1. The van der Waals surface area contributed by atoms with Gasteiger partial charge >= 0.3 is 0 Å². The Morgan fingerprint density at radius 3 is 2.75 bits per heavy atom. The van der Waals surface area contributed by atoms with Crippen molar-refractivity contribution >= 4 is 23.0 Å². The Hall–Kier alpha value is -1.20. The van der Waals surface area contributed by atoms with Crippen molar-refractivity contribution in [3.05, 3.63) is 22.9 Å². The van der Waals surface area contributed by atoms with Crippen molar-refractivity contribution < 1.29 is 4.74 Å². The summed E-state index contributed by atoms with van der Waals surface area (Å²) in [7, 11) is 0. The summed E-state index contributed by atoms with van der Waals surface area (Å²) < 4.78 is 5.55. The zero-order chi connectivity index (χ0) is 15.1. The highest BCUT2D eigenvalue weighted by atomic mass is 32.1. The largest absolute Gasteiger partial charge is 0.389 e. The average Bonchev–Trinajstić information content (AvgIpc) is 2.31. The van der Waals surface area contributed by atoms with E-state index in [1.54, 1.807) is 0 Å². The highest BCUT2D eigenvalue weighted by Gasteiger charge is 2.10. The number of hydrogen-bond donors (Lipinski definition) is 2. The lowest BCUT2D eigenvalue weighted by atomic mass is 10.1. The molecule has 0 atom stereocenters. The second-order valence-corrected chi connectivity index (χ2v) is 5.86. The van der Waals surface area contributed by atoms with E-state index in [2.05, 4.69) is 24.1 Å². The molecule has 1 aromatic rings. The Morgan fingerprint density at radius 1 is 1.45 bits per heavy atom. The highest BCUT2D eigenvalue weighted by molar-refractivity contribution is 7.80. The molecule has 0 spiro atoms. The van der Waals surface area contributed by atoms with E-state index in [0.29, 0.717) is 10.9 Å². The van der Waals surface area contributed by atoms with Gasteiger partial charge in [-0.05, 0) is 37.8 Å². The molecule has 4 nitrogen and oxygen atoms in total. The molecule has 0 aliphatic heterocycles. The first-order valence-corrected chi connectivity index (χ1v) is 7.42. The highest BCUT2D eigenvalue weighted by Crippen LogP contribution is 2.18. The number of ether oxygens (including phenoxy) is 1. The number of aryl methyl sites for hydroxylation is 2. The number of anilines is 1. The van der Waals surface area contributed by atoms with Crippen LogP contribution in [0.5, 0.6) is 0 Å². The summed E-state index contributed by atoms with van der Waals surface area (Å²) in [5.41, 5.74) is 8.64. The fourth-order valence-electron chi connectivity index (χ4n) is 1.98. The molecule has 5 heteroatoms. The van der Waals surface area contributed by atoms with Crippen LogP contribution >= 0.6 is 12.2 Å². The van der Waals surface area contributed by atoms with Crippen LogP contribution in [0.4, 0.5) is 5.82 Å². The van der Waals surface area contributed by atoms with Crippen molar-refractivity contribution in [2.45, 2.75) is 34.1 Å². The molecule has 1 rings (SSSR count). The molecule has 0 amide bonds. The molecule has 112 valence electrons. The van der Waals surface area contributed by atoms with Crippen molar-refractivity contribution in [1.82, 2.24) is 4.98 Å². The van der Waals surface area contributed by atoms with Crippen LogP contribution in [0.1, 0.15) is 37.1 Å². The average molecular weight is 295 g/mol. The topological polar surface area (TPSA) is 60.2 Å². The summed E-state index contributed by atoms with van der Waals surface area (Å²) in [4.78, 5) is 4.86. The number of aromatic nitrogens is 1. The number of hydrogen-bond acceptors (Lipinski definition) is 4. The Kier molecular flexibility index (Phi) is 6.88. The van der Waals surface area contributed by atoms with Crippen LogP contribution in [-0.4, -0.2) is 29.7 Å². The van der Waals surface area contributed by atoms with Crippen LogP contribution < -0.4 is 11.1 Å². The summed E-state index contributed by atoms with van der Waals surface area (Å²) in [5.74, 6) is 1.35. The molecule has 0 unspecified atom stereocenters. The molecule has 0 aromatic carbocycles. The lowest BCUT2D eigenvalue weighted by molar-refractivity contribution is 0.110. The molecule has 0 aliphatic carbocycles. The number of rotatable bonds is 8. The predicted octanol–water partition coefficient (Wildman–Crippen LogP) is 2.81. The van der Waals surface area contributed by atoms with Gasteiger partial charge in [0.05, 0.1) is 5.56 Å². The molecule has 20 heavy (non-hydrogen) atoms. The van der Waals surface area contributed by atoms with E-state index in [1.807, 2.05) is 19.9 Å². The van der Waals surface area contributed by atoms with Gasteiger partial charge in [0.2, 0.25) is 0 Å². The number of thiocarbonyl (C=S) groups is 1. The third-order valence-corrected chi connectivity index (χ3v) is 3.00. The van der Waals surface area contributed by atoms with Gasteiger partial charge in [-0.1, -0.05) is 26.1 Å². The van der Waals surface area contributed by atoms with Crippen LogP contribution in [0.3, 0.4) is 0 Å². The molecule has 3 N–H and O–H groups in total. The van der Waals surface area contributed by atoms with Crippen LogP contribution in [0.25, 0.3) is 0 Å². The summed E-state index contributed by atoms with van der Waals surface area (Å²) in [6.07, 6.45) is 0.929. The molecule has 0 bridgehead atoms. The van der Waals surface area contributed by atoms with Crippen molar-refractivity contribution in [3.63, 3.8) is 0 Å². The van der Waals surface area contributed by atoms with Crippen molar-refractivity contribution in [3.8, 4) is 0 Å². The van der Waals surface area contributed by atoms with Crippen LogP contribution in [0.2, 0.25) is 0 Å². The monoisotopic (exact) mass is 295 g/mol. The van der Waals surface area contributed by atoms with E-state index in [0.717, 1.165) is 48.8 Å². The van der Waals surface area contributed by atoms with E-state index in [9.17, 15) is 0 Å². The van der Waals surface area contributed by atoms with Gasteiger partial charge in [-0.2, -0.15) is 0 Å². The van der Waals surface area contributed by atoms with Crippen LogP contribution in [0, 0.1) is 19.8 Å². The predicted molar refractivity (Wildman–Crippen MR) is 88.4 cm³/mol. The Labute approximate surface area is 127 Å². The second kappa shape index (κ2) is 8.17. The minimum atomic E-state index is 0.383. The first kappa shape index (κ1) is 16.9. The van der Waals surface area contributed by atoms with Gasteiger partial charge < -0.3 is 15.8 Å². The van der Waals surface area contributed by atoms with Gasteiger partial charge in [0.25, 0.3) is 0 Å². The molecule has 1 aromatic heterocycles. The minimum Gasteiger partial charge on any atom is -0.389 e. The molecular formula is C15H25N3OS. The smallest absolute Gasteiger partial charge is 0.136 e. The molecule has 0 saturated carbocycles. The standard InChI is InChI=1S/C15H25N3OS/c1-10(2)9-19-7-5-6-17-15-13(14(16)20)11(3)8-12(4)18-15/h8,10H,5-7,9H2,1-4H3,(H2,16,20)(H,17,18). The van der Waals surface area contributed by atoms with Gasteiger partial charge in [-0.25, -0.2) is 4.98 Å².